The quantitative estimate of drug-likeness (QED) is 0.898. The molecule has 92 valence electrons. The Morgan fingerprint density at radius 3 is 2.56 bits per heavy atom. The Labute approximate surface area is 105 Å². The summed E-state index contributed by atoms with van der Waals surface area (Å²) in [5, 5.41) is 8.76. The maximum Gasteiger partial charge on any atom is 0.307 e. The number of rotatable bonds is 3. The average molecular weight is 244 g/mol. The van der Waals surface area contributed by atoms with E-state index in [1.807, 2.05) is 18.2 Å². The van der Waals surface area contributed by atoms with Crippen molar-refractivity contribution in [2.45, 2.75) is 13.3 Å². The summed E-state index contributed by atoms with van der Waals surface area (Å²) in [7, 11) is 0. The summed E-state index contributed by atoms with van der Waals surface area (Å²) in [6.07, 6.45) is -0.00594. The number of carboxylic acids is 1. The molecule has 2 nitrogen and oxygen atoms in total. The van der Waals surface area contributed by atoms with E-state index in [9.17, 15) is 9.18 Å². The largest absolute Gasteiger partial charge is 0.481 e. The van der Waals surface area contributed by atoms with Gasteiger partial charge in [0.2, 0.25) is 0 Å². The molecule has 0 saturated heterocycles. The summed E-state index contributed by atoms with van der Waals surface area (Å²) >= 11 is 0. The molecule has 0 heterocycles. The molecule has 1 N–H and O–H groups in total. The number of benzene rings is 2. The van der Waals surface area contributed by atoms with Crippen LogP contribution in [-0.4, -0.2) is 11.1 Å². The Morgan fingerprint density at radius 1 is 1.17 bits per heavy atom. The molecule has 0 atom stereocenters. The zero-order valence-electron chi connectivity index (χ0n) is 9.98. The van der Waals surface area contributed by atoms with E-state index in [0.29, 0.717) is 5.56 Å². The van der Waals surface area contributed by atoms with Crippen LogP contribution in [0.3, 0.4) is 0 Å². The van der Waals surface area contributed by atoms with Gasteiger partial charge in [-0.2, -0.15) is 0 Å². The molecule has 0 bridgehead atoms. The zero-order chi connectivity index (χ0) is 13.1. The highest BCUT2D eigenvalue weighted by molar-refractivity contribution is 5.72. The maximum absolute atomic E-state index is 13.2. The molecule has 0 aromatic heterocycles. The van der Waals surface area contributed by atoms with Gasteiger partial charge in [-0.15, -0.1) is 0 Å². The van der Waals surface area contributed by atoms with Crippen molar-refractivity contribution in [1.29, 1.82) is 0 Å². The van der Waals surface area contributed by atoms with Gasteiger partial charge in [-0.3, -0.25) is 4.79 Å². The third-order valence-corrected chi connectivity index (χ3v) is 2.77. The second-order valence-corrected chi connectivity index (χ2v) is 4.23. The molecule has 2 aromatic carbocycles. The topological polar surface area (TPSA) is 37.3 Å². The lowest BCUT2D eigenvalue weighted by Gasteiger charge is -2.06. The molecule has 0 saturated carbocycles. The van der Waals surface area contributed by atoms with Crippen LogP contribution in [0.1, 0.15) is 11.1 Å². The highest BCUT2D eigenvalue weighted by Crippen LogP contribution is 2.23. The van der Waals surface area contributed by atoms with Crippen molar-refractivity contribution in [2.24, 2.45) is 0 Å². The van der Waals surface area contributed by atoms with E-state index >= 15 is 0 Å². The van der Waals surface area contributed by atoms with Crippen molar-refractivity contribution in [3.8, 4) is 11.1 Å². The van der Waals surface area contributed by atoms with Gasteiger partial charge in [0.15, 0.2) is 0 Å². The van der Waals surface area contributed by atoms with Gasteiger partial charge in [0, 0.05) is 0 Å². The lowest BCUT2D eigenvalue weighted by atomic mass is 10.0. The van der Waals surface area contributed by atoms with Gasteiger partial charge in [0.05, 0.1) is 6.42 Å². The van der Waals surface area contributed by atoms with E-state index in [1.165, 1.54) is 6.07 Å². The number of carbonyl (C=O) groups is 1. The van der Waals surface area contributed by atoms with Crippen molar-refractivity contribution in [1.82, 2.24) is 0 Å². The lowest BCUT2D eigenvalue weighted by Crippen LogP contribution is -1.99. The van der Waals surface area contributed by atoms with Gasteiger partial charge in [0.25, 0.3) is 0 Å². The first kappa shape index (κ1) is 12.3. The number of halogens is 1. The van der Waals surface area contributed by atoms with Crippen LogP contribution in [0.2, 0.25) is 0 Å². The van der Waals surface area contributed by atoms with Crippen molar-refractivity contribution in [3.63, 3.8) is 0 Å². The SMILES string of the molecule is Cc1cc(-c2cccc(CC(=O)O)c2)ccc1F. The molecule has 0 aliphatic rings. The number of carboxylic acid groups (broad SMARTS) is 1. The van der Waals surface area contributed by atoms with E-state index in [2.05, 4.69) is 0 Å². The van der Waals surface area contributed by atoms with E-state index in [-0.39, 0.29) is 12.2 Å². The van der Waals surface area contributed by atoms with Crippen molar-refractivity contribution in [2.75, 3.05) is 0 Å². The monoisotopic (exact) mass is 244 g/mol. The first-order valence-electron chi connectivity index (χ1n) is 5.63. The fraction of sp³-hybridized carbons (Fsp3) is 0.133. The Kier molecular flexibility index (Phi) is 3.42. The van der Waals surface area contributed by atoms with Crippen molar-refractivity contribution in [3.05, 3.63) is 59.4 Å². The molecule has 0 spiro atoms. The number of hydrogen-bond acceptors (Lipinski definition) is 1. The predicted molar refractivity (Wildman–Crippen MR) is 67.9 cm³/mol. The summed E-state index contributed by atoms with van der Waals surface area (Å²) in [6, 6.07) is 12.2. The minimum Gasteiger partial charge on any atom is -0.481 e. The molecule has 0 aliphatic carbocycles. The first-order valence-corrected chi connectivity index (χ1v) is 5.63. The van der Waals surface area contributed by atoms with E-state index in [4.69, 9.17) is 5.11 Å². The molecule has 0 aliphatic heterocycles. The molecular weight excluding hydrogens is 231 g/mol. The van der Waals surface area contributed by atoms with Gasteiger partial charge in [-0.1, -0.05) is 30.3 Å². The number of hydrogen-bond donors (Lipinski definition) is 1. The van der Waals surface area contributed by atoms with Gasteiger partial charge >= 0.3 is 5.97 Å². The second kappa shape index (κ2) is 5.00. The molecule has 3 heteroatoms. The smallest absolute Gasteiger partial charge is 0.307 e. The fourth-order valence-corrected chi connectivity index (χ4v) is 1.86. The molecular formula is C15H13FO2. The van der Waals surface area contributed by atoms with Crippen LogP contribution >= 0.6 is 0 Å². The van der Waals surface area contributed by atoms with Crippen LogP contribution < -0.4 is 0 Å². The summed E-state index contributed by atoms with van der Waals surface area (Å²) in [6.45, 7) is 1.71. The minimum atomic E-state index is -0.859. The van der Waals surface area contributed by atoms with Crippen LogP contribution in [-0.2, 0) is 11.2 Å². The van der Waals surface area contributed by atoms with Gasteiger partial charge in [0.1, 0.15) is 5.82 Å². The van der Waals surface area contributed by atoms with Gasteiger partial charge in [-0.25, -0.2) is 4.39 Å². The van der Waals surface area contributed by atoms with Gasteiger partial charge in [-0.05, 0) is 41.3 Å². The summed E-state index contributed by atoms with van der Waals surface area (Å²) < 4.78 is 13.2. The molecule has 2 aromatic rings. The minimum absolute atomic E-state index is 0.00594. The first-order chi connectivity index (χ1) is 8.56. The highest BCUT2D eigenvalue weighted by atomic mass is 19.1. The Morgan fingerprint density at radius 2 is 1.89 bits per heavy atom. The molecule has 0 fully saturated rings. The molecule has 0 amide bonds. The standard InChI is InChI=1S/C15H13FO2/c1-10-7-13(5-6-14(10)16)12-4-2-3-11(8-12)9-15(17)18/h2-8H,9H2,1H3,(H,17,18). The predicted octanol–water partition coefficient (Wildman–Crippen LogP) is 3.43. The van der Waals surface area contributed by atoms with Gasteiger partial charge < -0.3 is 5.11 Å². The molecule has 2 rings (SSSR count). The van der Waals surface area contributed by atoms with Crippen molar-refractivity contribution >= 4 is 5.97 Å². The molecule has 0 radical (unpaired) electrons. The molecule has 18 heavy (non-hydrogen) atoms. The zero-order valence-corrected chi connectivity index (χ0v) is 9.98. The van der Waals surface area contributed by atoms with E-state index in [1.54, 1.807) is 25.1 Å². The molecule has 0 unspecified atom stereocenters. The average Bonchev–Trinajstić information content (AvgIpc) is 2.32. The number of aliphatic carboxylic acids is 1. The third-order valence-electron chi connectivity index (χ3n) is 2.77. The Hall–Kier alpha value is -2.16. The summed E-state index contributed by atoms with van der Waals surface area (Å²) in [4.78, 5) is 10.7. The highest BCUT2D eigenvalue weighted by Gasteiger charge is 2.04. The summed E-state index contributed by atoms with van der Waals surface area (Å²) in [5.41, 5.74) is 3.11. The second-order valence-electron chi connectivity index (χ2n) is 4.23. The van der Waals surface area contributed by atoms with Crippen LogP contribution in [0.4, 0.5) is 4.39 Å². The van der Waals surface area contributed by atoms with E-state index < -0.39 is 5.97 Å². The Balaban J connectivity index is 2.38. The summed E-state index contributed by atoms with van der Waals surface area (Å²) in [5.74, 6) is -1.09. The number of aryl methyl sites for hydroxylation is 1. The lowest BCUT2D eigenvalue weighted by molar-refractivity contribution is -0.136. The van der Waals surface area contributed by atoms with Crippen LogP contribution in [0.15, 0.2) is 42.5 Å². The van der Waals surface area contributed by atoms with Crippen LogP contribution in [0, 0.1) is 12.7 Å². The third kappa shape index (κ3) is 2.74. The van der Waals surface area contributed by atoms with Crippen LogP contribution in [0.5, 0.6) is 0 Å². The maximum atomic E-state index is 13.2. The van der Waals surface area contributed by atoms with Crippen LogP contribution in [0.25, 0.3) is 11.1 Å². The fourth-order valence-electron chi connectivity index (χ4n) is 1.86. The van der Waals surface area contributed by atoms with E-state index in [0.717, 1.165) is 16.7 Å². The van der Waals surface area contributed by atoms with Crippen molar-refractivity contribution < 1.29 is 14.3 Å². The normalized spacial score (nSPS) is 10.3. The Bertz CT molecular complexity index is 591.